The highest BCUT2D eigenvalue weighted by molar-refractivity contribution is 5.91. The summed E-state index contributed by atoms with van der Waals surface area (Å²) in [4.78, 5) is 24.7. The summed E-state index contributed by atoms with van der Waals surface area (Å²) in [5.41, 5.74) is 0. The Labute approximate surface area is 111 Å². The maximum absolute atomic E-state index is 12.1. The zero-order chi connectivity index (χ0) is 13.8. The number of rotatable bonds is 4. The molecule has 0 radical (unpaired) electrons. The fraction of sp³-hybridized carbons (Fsp3) is 0.615. The smallest absolute Gasteiger partial charge is 0.303 e. The number of likely N-dealkylation sites (tertiary alicyclic amines) is 1. The maximum Gasteiger partial charge on any atom is 0.303 e. The summed E-state index contributed by atoms with van der Waals surface area (Å²) in [6, 6.07) is 1.55. The van der Waals surface area contributed by atoms with Crippen molar-refractivity contribution in [3.8, 4) is 0 Å². The molecule has 0 aliphatic carbocycles. The van der Waals surface area contributed by atoms with Crippen molar-refractivity contribution >= 4 is 11.9 Å². The molecule has 0 spiro atoms. The van der Waals surface area contributed by atoms with Crippen LogP contribution in [0, 0.1) is 11.8 Å². The highest BCUT2D eigenvalue weighted by Gasteiger charge is 2.32. The van der Waals surface area contributed by atoms with E-state index in [1.807, 2.05) is 6.92 Å². The molecule has 1 saturated heterocycles. The Bertz CT molecular complexity index is 444. The number of nitrogens with zero attached hydrogens (tertiary/aromatic N) is 2. The zero-order valence-corrected chi connectivity index (χ0v) is 10.9. The third-order valence-electron chi connectivity index (χ3n) is 3.79. The van der Waals surface area contributed by atoms with Crippen LogP contribution in [0.3, 0.4) is 0 Å². The molecule has 0 saturated carbocycles. The lowest BCUT2D eigenvalue weighted by Gasteiger charge is -2.37. The lowest BCUT2D eigenvalue weighted by molar-refractivity contribution is -0.139. The topological polar surface area (TPSA) is 83.6 Å². The Morgan fingerprint density at radius 2 is 2.32 bits per heavy atom. The van der Waals surface area contributed by atoms with E-state index in [1.165, 1.54) is 6.20 Å². The van der Waals surface area contributed by atoms with Crippen LogP contribution >= 0.6 is 0 Å². The van der Waals surface area contributed by atoms with Crippen molar-refractivity contribution in [2.45, 2.75) is 26.2 Å². The Hall–Kier alpha value is -1.85. The molecular formula is C13H18N2O4. The van der Waals surface area contributed by atoms with Crippen LogP contribution in [-0.4, -0.2) is 40.1 Å². The molecule has 1 aliphatic rings. The molecule has 1 aliphatic heterocycles. The van der Waals surface area contributed by atoms with E-state index >= 15 is 0 Å². The summed E-state index contributed by atoms with van der Waals surface area (Å²) in [7, 11) is 0. The number of carbonyl (C=O) groups excluding carboxylic acids is 1. The fourth-order valence-electron chi connectivity index (χ4n) is 2.70. The first-order chi connectivity index (χ1) is 9.11. The SMILES string of the molecule is CCC1CN(C(=O)c2ccno2)CCC1CC(=O)O. The quantitative estimate of drug-likeness (QED) is 0.895. The Morgan fingerprint density at radius 3 is 2.89 bits per heavy atom. The third-order valence-corrected chi connectivity index (χ3v) is 3.79. The van der Waals surface area contributed by atoms with Gasteiger partial charge in [0, 0.05) is 25.6 Å². The first-order valence-corrected chi connectivity index (χ1v) is 6.53. The largest absolute Gasteiger partial charge is 0.481 e. The highest BCUT2D eigenvalue weighted by Crippen LogP contribution is 2.29. The van der Waals surface area contributed by atoms with Gasteiger partial charge in [0.05, 0.1) is 6.20 Å². The average Bonchev–Trinajstić information content (AvgIpc) is 2.91. The van der Waals surface area contributed by atoms with Gasteiger partial charge in [-0.1, -0.05) is 18.5 Å². The lowest BCUT2D eigenvalue weighted by atomic mass is 9.81. The van der Waals surface area contributed by atoms with E-state index in [0.29, 0.717) is 13.1 Å². The standard InChI is InChI=1S/C13H18N2O4/c1-2-9-8-15(6-4-10(9)7-12(16)17)13(18)11-3-5-14-19-11/h3,5,9-10H,2,4,6-8H2,1H3,(H,16,17). The van der Waals surface area contributed by atoms with Gasteiger partial charge in [0.1, 0.15) is 0 Å². The van der Waals surface area contributed by atoms with E-state index in [0.717, 1.165) is 12.8 Å². The molecule has 0 aromatic carbocycles. The first-order valence-electron chi connectivity index (χ1n) is 6.53. The van der Waals surface area contributed by atoms with Gasteiger partial charge in [0.15, 0.2) is 0 Å². The van der Waals surface area contributed by atoms with Crippen LogP contribution in [0.25, 0.3) is 0 Å². The van der Waals surface area contributed by atoms with Crippen molar-refractivity contribution in [3.63, 3.8) is 0 Å². The van der Waals surface area contributed by atoms with E-state index in [1.54, 1.807) is 11.0 Å². The predicted molar refractivity (Wildman–Crippen MR) is 66.5 cm³/mol. The van der Waals surface area contributed by atoms with Crippen LogP contribution in [0.4, 0.5) is 0 Å². The number of aliphatic carboxylic acids is 1. The molecule has 1 amide bonds. The van der Waals surface area contributed by atoms with Crippen molar-refractivity contribution in [1.82, 2.24) is 10.1 Å². The molecule has 104 valence electrons. The van der Waals surface area contributed by atoms with Gasteiger partial charge in [0.2, 0.25) is 5.76 Å². The Morgan fingerprint density at radius 1 is 1.53 bits per heavy atom. The lowest BCUT2D eigenvalue weighted by Crippen LogP contribution is -2.44. The number of amides is 1. The molecule has 6 heteroatoms. The predicted octanol–water partition coefficient (Wildman–Crippen LogP) is 1.64. The molecule has 1 aromatic heterocycles. The van der Waals surface area contributed by atoms with Crippen LogP contribution < -0.4 is 0 Å². The number of hydrogen-bond acceptors (Lipinski definition) is 4. The monoisotopic (exact) mass is 266 g/mol. The van der Waals surface area contributed by atoms with Gasteiger partial charge in [-0.05, 0) is 18.3 Å². The van der Waals surface area contributed by atoms with Gasteiger partial charge in [0.25, 0.3) is 5.91 Å². The van der Waals surface area contributed by atoms with Crippen molar-refractivity contribution in [2.24, 2.45) is 11.8 Å². The van der Waals surface area contributed by atoms with Gasteiger partial charge in [-0.3, -0.25) is 9.59 Å². The van der Waals surface area contributed by atoms with E-state index in [4.69, 9.17) is 9.63 Å². The molecule has 1 N–H and O–H groups in total. The Kier molecular flexibility index (Phi) is 4.19. The van der Waals surface area contributed by atoms with Crippen molar-refractivity contribution in [1.29, 1.82) is 0 Å². The normalized spacial score (nSPS) is 23.3. The van der Waals surface area contributed by atoms with E-state index < -0.39 is 5.97 Å². The molecule has 1 aromatic rings. The van der Waals surface area contributed by atoms with E-state index in [-0.39, 0.29) is 29.9 Å². The number of carbonyl (C=O) groups is 2. The minimum Gasteiger partial charge on any atom is -0.481 e. The molecule has 2 rings (SSSR count). The van der Waals surface area contributed by atoms with Gasteiger partial charge in [-0.25, -0.2) is 0 Å². The minimum absolute atomic E-state index is 0.154. The fourth-order valence-corrected chi connectivity index (χ4v) is 2.70. The summed E-state index contributed by atoms with van der Waals surface area (Å²) >= 11 is 0. The minimum atomic E-state index is -0.765. The zero-order valence-electron chi connectivity index (χ0n) is 10.9. The van der Waals surface area contributed by atoms with Crippen LogP contribution in [0.5, 0.6) is 0 Å². The van der Waals surface area contributed by atoms with Gasteiger partial charge in [-0.15, -0.1) is 0 Å². The summed E-state index contributed by atoms with van der Waals surface area (Å²) in [6.45, 7) is 3.20. The van der Waals surface area contributed by atoms with Crippen LogP contribution in [0.2, 0.25) is 0 Å². The summed E-state index contributed by atoms with van der Waals surface area (Å²) in [6.07, 6.45) is 3.23. The third kappa shape index (κ3) is 3.13. The first kappa shape index (κ1) is 13.6. The molecule has 2 heterocycles. The van der Waals surface area contributed by atoms with Crippen LogP contribution in [0.1, 0.15) is 36.7 Å². The van der Waals surface area contributed by atoms with E-state index in [2.05, 4.69) is 5.16 Å². The van der Waals surface area contributed by atoms with Gasteiger partial charge in [-0.2, -0.15) is 0 Å². The van der Waals surface area contributed by atoms with Crippen molar-refractivity contribution < 1.29 is 19.2 Å². The second kappa shape index (κ2) is 5.86. The maximum atomic E-state index is 12.1. The van der Waals surface area contributed by atoms with E-state index in [9.17, 15) is 9.59 Å². The molecular weight excluding hydrogens is 248 g/mol. The number of carboxylic acid groups (broad SMARTS) is 1. The van der Waals surface area contributed by atoms with Gasteiger partial charge < -0.3 is 14.5 Å². The second-order valence-corrected chi connectivity index (χ2v) is 4.94. The molecule has 1 fully saturated rings. The molecule has 0 bridgehead atoms. The molecule has 2 unspecified atom stereocenters. The van der Waals surface area contributed by atoms with Crippen molar-refractivity contribution in [2.75, 3.05) is 13.1 Å². The number of piperidine rings is 1. The average molecular weight is 266 g/mol. The Balaban J connectivity index is 2.00. The number of hydrogen-bond donors (Lipinski definition) is 1. The summed E-state index contributed by atoms with van der Waals surface area (Å²) < 4.78 is 4.87. The second-order valence-electron chi connectivity index (χ2n) is 4.94. The van der Waals surface area contributed by atoms with Crippen molar-refractivity contribution in [3.05, 3.63) is 18.0 Å². The highest BCUT2D eigenvalue weighted by atomic mass is 16.5. The summed E-state index contributed by atoms with van der Waals surface area (Å²) in [5.74, 6) is -0.298. The number of aromatic nitrogens is 1. The van der Waals surface area contributed by atoms with Crippen LogP contribution in [-0.2, 0) is 4.79 Å². The summed E-state index contributed by atoms with van der Waals surface area (Å²) in [5, 5.41) is 12.4. The van der Waals surface area contributed by atoms with Crippen LogP contribution in [0.15, 0.2) is 16.8 Å². The molecule has 19 heavy (non-hydrogen) atoms. The molecule has 2 atom stereocenters. The number of carboxylic acids is 1. The molecule has 6 nitrogen and oxygen atoms in total. The van der Waals surface area contributed by atoms with Gasteiger partial charge >= 0.3 is 5.97 Å².